The van der Waals surface area contributed by atoms with Crippen LogP contribution in [0.1, 0.15) is 39.2 Å². The minimum absolute atomic E-state index is 0.0193. The Labute approximate surface area is 217 Å². The quantitative estimate of drug-likeness (QED) is 0.282. The average molecular weight is 504 g/mol. The van der Waals surface area contributed by atoms with Crippen LogP contribution in [0.2, 0.25) is 0 Å². The van der Waals surface area contributed by atoms with Crippen LogP contribution in [0.3, 0.4) is 0 Å². The van der Waals surface area contributed by atoms with Crippen molar-refractivity contribution in [2.45, 2.75) is 51.9 Å². The van der Waals surface area contributed by atoms with Crippen LogP contribution in [0.15, 0.2) is 91.0 Å². The highest BCUT2D eigenvalue weighted by Crippen LogP contribution is 2.19. The van der Waals surface area contributed by atoms with E-state index < -0.39 is 23.7 Å². The molecule has 0 spiro atoms. The lowest BCUT2D eigenvalue weighted by Gasteiger charge is -2.26. The Balaban J connectivity index is 1.71. The molecule has 0 saturated heterocycles. The zero-order valence-corrected chi connectivity index (χ0v) is 21.3. The fourth-order valence-electron chi connectivity index (χ4n) is 3.40. The van der Waals surface area contributed by atoms with Gasteiger partial charge in [0.05, 0.1) is 11.4 Å². The Morgan fingerprint density at radius 3 is 2.00 bits per heavy atom. The summed E-state index contributed by atoms with van der Waals surface area (Å²) in [5.41, 5.74) is 4.55. The molecule has 2 amide bonds. The number of hydrogen-bond donors (Lipinski definition) is 2. The number of hydrazine groups is 1. The molecule has 194 valence electrons. The van der Waals surface area contributed by atoms with Gasteiger partial charge in [0.1, 0.15) is 18.2 Å². The maximum Gasteiger partial charge on any atom is 0.408 e. The molecule has 0 radical (unpaired) electrons. The Bertz CT molecular complexity index is 1150. The van der Waals surface area contributed by atoms with Crippen LogP contribution in [0.5, 0.6) is 0 Å². The van der Waals surface area contributed by atoms with E-state index in [0.29, 0.717) is 5.69 Å². The van der Waals surface area contributed by atoms with Crippen molar-refractivity contribution in [3.63, 3.8) is 0 Å². The molecule has 3 aromatic carbocycles. The molecule has 8 heteroatoms. The highest BCUT2D eigenvalue weighted by atomic mass is 16.6. The predicted molar refractivity (Wildman–Crippen MR) is 143 cm³/mol. The largest absolute Gasteiger partial charge is 0.459 e. The summed E-state index contributed by atoms with van der Waals surface area (Å²) in [6.07, 6.45) is -0.787. The molecular weight excluding hydrogens is 470 g/mol. The third kappa shape index (κ3) is 9.33. The third-order valence-corrected chi connectivity index (χ3v) is 5.12. The van der Waals surface area contributed by atoms with Crippen molar-refractivity contribution >= 4 is 29.3 Å². The van der Waals surface area contributed by atoms with Gasteiger partial charge in [-0.3, -0.25) is 10.2 Å². The highest BCUT2D eigenvalue weighted by molar-refractivity contribution is 5.95. The SMILES string of the molecule is CC(C)(C)OC(=O)NC(CCC(=O)N(Nc1ccccc1)c1ccccc1)C(=O)OCc1ccccc1. The molecule has 3 aromatic rings. The molecule has 0 saturated carbocycles. The summed E-state index contributed by atoms with van der Waals surface area (Å²) >= 11 is 0. The molecule has 2 N–H and O–H groups in total. The van der Waals surface area contributed by atoms with E-state index in [4.69, 9.17) is 9.47 Å². The Morgan fingerprint density at radius 1 is 0.838 bits per heavy atom. The second-order valence-corrected chi connectivity index (χ2v) is 9.37. The monoisotopic (exact) mass is 503 g/mol. The average Bonchev–Trinajstić information content (AvgIpc) is 2.88. The van der Waals surface area contributed by atoms with Gasteiger partial charge in [0.25, 0.3) is 0 Å². The molecule has 8 nitrogen and oxygen atoms in total. The van der Waals surface area contributed by atoms with Crippen molar-refractivity contribution in [3.8, 4) is 0 Å². The number of amides is 2. The van der Waals surface area contributed by atoms with Crippen molar-refractivity contribution in [1.29, 1.82) is 0 Å². The molecule has 0 aromatic heterocycles. The van der Waals surface area contributed by atoms with Crippen molar-refractivity contribution in [2.24, 2.45) is 0 Å². The maximum atomic E-state index is 13.3. The molecule has 0 bridgehead atoms. The van der Waals surface area contributed by atoms with Gasteiger partial charge in [-0.2, -0.15) is 0 Å². The van der Waals surface area contributed by atoms with Crippen LogP contribution in [0, 0.1) is 0 Å². The van der Waals surface area contributed by atoms with Crippen LogP contribution >= 0.6 is 0 Å². The summed E-state index contributed by atoms with van der Waals surface area (Å²) in [7, 11) is 0. The van der Waals surface area contributed by atoms with Crippen molar-refractivity contribution < 1.29 is 23.9 Å². The van der Waals surface area contributed by atoms with Crippen LogP contribution in [-0.4, -0.2) is 29.6 Å². The fourth-order valence-corrected chi connectivity index (χ4v) is 3.40. The first-order chi connectivity index (χ1) is 17.7. The van der Waals surface area contributed by atoms with E-state index in [-0.39, 0.29) is 25.4 Å². The van der Waals surface area contributed by atoms with Gasteiger partial charge in [-0.25, -0.2) is 14.6 Å². The van der Waals surface area contributed by atoms with Gasteiger partial charge in [-0.05, 0) is 57.0 Å². The zero-order chi connectivity index (χ0) is 26.7. The molecule has 0 aliphatic heterocycles. The number of ether oxygens (including phenoxy) is 2. The van der Waals surface area contributed by atoms with Gasteiger partial charge < -0.3 is 14.8 Å². The lowest BCUT2D eigenvalue weighted by molar-refractivity contribution is -0.147. The van der Waals surface area contributed by atoms with Crippen LogP contribution < -0.4 is 15.8 Å². The number of carbonyl (C=O) groups is 3. The predicted octanol–water partition coefficient (Wildman–Crippen LogP) is 5.46. The van der Waals surface area contributed by atoms with E-state index in [0.717, 1.165) is 11.3 Å². The van der Waals surface area contributed by atoms with E-state index in [9.17, 15) is 14.4 Å². The van der Waals surface area contributed by atoms with Crippen molar-refractivity contribution in [3.05, 3.63) is 96.6 Å². The van der Waals surface area contributed by atoms with E-state index in [1.54, 1.807) is 32.9 Å². The third-order valence-electron chi connectivity index (χ3n) is 5.12. The molecule has 0 aliphatic carbocycles. The van der Waals surface area contributed by atoms with Gasteiger partial charge in [0.2, 0.25) is 5.91 Å². The number of nitrogens with one attached hydrogen (secondary N) is 2. The van der Waals surface area contributed by atoms with Gasteiger partial charge in [-0.15, -0.1) is 0 Å². The molecule has 0 fully saturated rings. The van der Waals surface area contributed by atoms with Gasteiger partial charge in [0, 0.05) is 6.42 Å². The number of nitrogens with zero attached hydrogens (tertiary/aromatic N) is 1. The minimum atomic E-state index is -1.07. The summed E-state index contributed by atoms with van der Waals surface area (Å²) in [4.78, 5) is 38.7. The summed E-state index contributed by atoms with van der Waals surface area (Å²) in [5, 5.41) is 3.99. The number of esters is 1. The van der Waals surface area contributed by atoms with E-state index in [1.807, 2.05) is 78.9 Å². The van der Waals surface area contributed by atoms with Crippen LogP contribution in [0.4, 0.5) is 16.2 Å². The molecule has 0 aliphatic rings. The Kier molecular flexibility index (Phi) is 9.66. The molecule has 37 heavy (non-hydrogen) atoms. The number of para-hydroxylation sites is 2. The first kappa shape index (κ1) is 27.3. The Hall–Kier alpha value is -4.33. The molecular formula is C29H33N3O5. The molecule has 1 unspecified atom stereocenters. The van der Waals surface area contributed by atoms with Crippen LogP contribution in [-0.2, 0) is 25.7 Å². The first-order valence-corrected chi connectivity index (χ1v) is 12.1. The van der Waals surface area contributed by atoms with E-state index >= 15 is 0 Å². The normalized spacial score (nSPS) is 11.6. The van der Waals surface area contributed by atoms with E-state index in [2.05, 4.69) is 10.7 Å². The maximum absolute atomic E-state index is 13.3. The lowest BCUT2D eigenvalue weighted by Crippen LogP contribution is -2.45. The number of carbonyl (C=O) groups excluding carboxylic acids is 3. The second kappa shape index (κ2) is 13.1. The zero-order valence-electron chi connectivity index (χ0n) is 21.3. The summed E-state index contributed by atoms with van der Waals surface area (Å²) in [5.74, 6) is -0.938. The Morgan fingerprint density at radius 2 is 1.41 bits per heavy atom. The molecule has 0 heterocycles. The standard InChI is InChI=1S/C29H33N3O5/c1-29(2,3)37-28(35)30-25(27(34)36-21-22-13-7-4-8-14-22)19-20-26(33)32(24-17-11-6-12-18-24)31-23-15-9-5-10-16-23/h4-18,25,31H,19-21H2,1-3H3,(H,30,35). The summed E-state index contributed by atoms with van der Waals surface area (Å²) in [6.45, 7) is 5.23. The van der Waals surface area contributed by atoms with Gasteiger partial charge >= 0.3 is 12.1 Å². The number of anilines is 2. The van der Waals surface area contributed by atoms with Crippen LogP contribution in [0.25, 0.3) is 0 Å². The van der Waals surface area contributed by atoms with Gasteiger partial charge in [0.15, 0.2) is 0 Å². The lowest BCUT2D eigenvalue weighted by atomic mass is 10.1. The summed E-state index contributed by atoms with van der Waals surface area (Å²) in [6, 6.07) is 26.6. The fraction of sp³-hybridized carbons (Fsp3) is 0.276. The number of alkyl carbamates (subject to hydrolysis) is 1. The first-order valence-electron chi connectivity index (χ1n) is 12.1. The topological polar surface area (TPSA) is 97.0 Å². The number of rotatable bonds is 10. The minimum Gasteiger partial charge on any atom is -0.459 e. The van der Waals surface area contributed by atoms with Crippen molar-refractivity contribution in [1.82, 2.24) is 5.32 Å². The number of benzene rings is 3. The smallest absolute Gasteiger partial charge is 0.408 e. The van der Waals surface area contributed by atoms with Crippen molar-refractivity contribution in [2.75, 3.05) is 10.4 Å². The number of hydrogen-bond acceptors (Lipinski definition) is 6. The summed E-state index contributed by atoms with van der Waals surface area (Å²) < 4.78 is 10.8. The van der Waals surface area contributed by atoms with E-state index in [1.165, 1.54) is 5.01 Å². The molecule has 3 rings (SSSR count). The van der Waals surface area contributed by atoms with Gasteiger partial charge in [-0.1, -0.05) is 66.7 Å². The second-order valence-electron chi connectivity index (χ2n) is 9.37. The highest BCUT2D eigenvalue weighted by Gasteiger charge is 2.27. The molecule has 1 atom stereocenters.